The lowest BCUT2D eigenvalue weighted by molar-refractivity contribution is 0.0519. The van der Waals surface area contributed by atoms with Crippen LogP contribution in [0.15, 0.2) is 33.4 Å². The van der Waals surface area contributed by atoms with Crippen molar-refractivity contribution in [2.45, 2.75) is 6.92 Å². The fourth-order valence-electron chi connectivity index (χ4n) is 1.36. The van der Waals surface area contributed by atoms with E-state index in [1.807, 2.05) is 0 Å². The number of aromatic nitrogens is 1. The van der Waals surface area contributed by atoms with E-state index in [0.29, 0.717) is 4.47 Å². The number of esters is 1. The van der Waals surface area contributed by atoms with Gasteiger partial charge in [0.1, 0.15) is 12.1 Å². The molecule has 0 amide bonds. The van der Waals surface area contributed by atoms with Gasteiger partial charge >= 0.3 is 5.97 Å². The summed E-state index contributed by atoms with van der Waals surface area (Å²) in [5.41, 5.74) is 0.211. The Morgan fingerprint density at radius 2 is 2.33 bits per heavy atom. The largest absolute Gasteiger partial charge is 0.461 e. The molecule has 0 saturated carbocycles. The minimum absolute atomic E-state index is 0.0224. The SMILES string of the molecule is CCOC(=O)c1coc(-c2ccc(Br)cc2F)n1. The van der Waals surface area contributed by atoms with E-state index >= 15 is 0 Å². The van der Waals surface area contributed by atoms with Crippen molar-refractivity contribution >= 4 is 21.9 Å². The van der Waals surface area contributed by atoms with Crippen LogP contribution in [0.4, 0.5) is 4.39 Å². The normalized spacial score (nSPS) is 10.4. The summed E-state index contributed by atoms with van der Waals surface area (Å²) in [6.45, 7) is 1.93. The number of hydrogen-bond donors (Lipinski definition) is 0. The third-order valence-corrected chi connectivity index (χ3v) is 2.64. The monoisotopic (exact) mass is 313 g/mol. The molecule has 0 bridgehead atoms. The van der Waals surface area contributed by atoms with E-state index in [2.05, 4.69) is 20.9 Å². The molecule has 0 N–H and O–H groups in total. The summed E-state index contributed by atoms with van der Waals surface area (Å²) in [4.78, 5) is 15.3. The number of nitrogens with zero attached hydrogens (tertiary/aromatic N) is 1. The van der Waals surface area contributed by atoms with Crippen LogP contribution in [-0.2, 0) is 4.74 Å². The van der Waals surface area contributed by atoms with Crippen LogP contribution in [0.3, 0.4) is 0 Å². The number of carbonyl (C=O) groups excluding carboxylic acids is 1. The van der Waals surface area contributed by atoms with Gasteiger partial charge in [0.15, 0.2) is 5.69 Å². The number of rotatable bonds is 3. The van der Waals surface area contributed by atoms with E-state index in [4.69, 9.17) is 9.15 Å². The fourth-order valence-corrected chi connectivity index (χ4v) is 1.69. The van der Waals surface area contributed by atoms with Gasteiger partial charge in [-0.2, -0.15) is 0 Å². The van der Waals surface area contributed by atoms with Gasteiger partial charge in [0, 0.05) is 4.47 Å². The second-order valence-corrected chi connectivity index (χ2v) is 4.30. The highest BCUT2D eigenvalue weighted by molar-refractivity contribution is 9.10. The van der Waals surface area contributed by atoms with E-state index in [0.717, 1.165) is 6.26 Å². The summed E-state index contributed by atoms with van der Waals surface area (Å²) in [6.07, 6.45) is 1.15. The van der Waals surface area contributed by atoms with E-state index in [1.165, 1.54) is 12.1 Å². The summed E-state index contributed by atoms with van der Waals surface area (Å²) in [5, 5.41) is 0. The number of ether oxygens (including phenoxy) is 1. The second kappa shape index (κ2) is 5.30. The van der Waals surface area contributed by atoms with Gasteiger partial charge in [-0.1, -0.05) is 15.9 Å². The molecule has 0 fully saturated rings. The quantitative estimate of drug-likeness (QED) is 0.815. The number of halogens is 2. The topological polar surface area (TPSA) is 52.3 Å². The van der Waals surface area contributed by atoms with Gasteiger partial charge in [-0.3, -0.25) is 0 Å². The highest BCUT2D eigenvalue weighted by Gasteiger charge is 2.16. The molecule has 4 nitrogen and oxygen atoms in total. The Morgan fingerprint density at radius 3 is 3.00 bits per heavy atom. The molecule has 0 radical (unpaired) electrons. The molecule has 1 heterocycles. The first-order chi connectivity index (χ1) is 8.61. The lowest BCUT2D eigenvalue weighted by atomic mass is 10.2. The number of oxazole rings is 1. The maximum absolute atomic E-state index is 13.6. The van der Waals surface area contributed by atoms with Crippen LogP contribution in [0.5, 0.6) is 0 Å². The Balaban J connectivity index is 2.32. The van der Waals surface area contributed by atoms with Crippen molar-refractivity contribution in [3.63, 3.8) is 0 Å². The van der Waals surface area contributed by atoms with Crippen LogP contribution in [-0.4, -0.2) is 17.6 Å². The molecule has 2 aromatic rings. The molecular weight excluding hydrogens is 305 g/mol. The van der Waals surface area contributed by atoms with E-state index < -0.39 is 11.8 Å². The molecular formula is C12H9BrFNO3. The van der Waals surface area contributed by atoms with Gasteiger partial charge in [0.25, 0.3) is 0 Å². The summed E-state index contributed by atoms with van der Waals surface area (Å²) in [5.74, 6) is -1.03. The Labute approximate surface area is 111 Å². The minimum atomic E-state index is -0.593. The van der Waals surface area contributed by atoms with Crippen LogP contribution >= 0.6 is 15.9 Å². The summed E-state index contributed by atoms with van der Waals surface area (Å²) in [6, 6.07) is 4.47. The third-order valence-electron chi connectivity index (χ3n) is 2.15. The molecule has 0 aliphatic rings. The first-order valence-corrected chi connectivity index (χ1v) is 5.99. The zero-order chi connectivity index (χ0) is 13.1. The van der Waals surface area contributed by atoms with Gasteiger partial charge < -0.3 is 9.15 Å². The van der Waals surface area contributed by atoms with Crippen LogP contribution in [0.2, 0.25) is 0 Å². The van der Waals surface area contributed by atoms with Crippen LogP contribution < -0.4 is 0 Å². The number of carbonyl (C=O) groups is 1. The van der Waals surface area contributed by atoms with Gasteiger partial charge in [-0.15, -0.1) is 0 Å². The molecule has 2 rings (SSSR count). The summed E-state index contributed by atoms with van der Waals surface area (Å²) in [7, 11) is 0. The predicted molar refractivity (Wildman–Crippen MR) is 65.6 cm³/mol. The Bertz CT molecular complexity index is 582. The minimum Gasteiger partial charge on any atom is -0.461 e. The number of benzene rings is 1. The molecule has 0 aliphatic heterocycles. The van der Waals surface area contributed by atoms with Crippen molar-refractivity contribution in [1.29, 1.82) is 0 Å². The third kappa shape index (κ3) is 2.59. The highest BCUT2D eigenvalue weighted by Crippen LogP contribution is 2.25. The first kappa shape index (κ1) is 12.8. The summed E-state index contributed by atoms with van der Waals surface area (Å²) < 4.78 is 24.1. The molecule has 0 aliphatic carbocycles. The zero-order valence-corrected chi connectivity index (χ0v) is 11.0. The van der Waals surface area contributed by atoms with Crippen molar-refractivity contribution in [3.8, 4) is 11.5 Å². The van der Waals surface area contributed by atoms with E-state index in [1.54, 1.807) is 13.0 Å². The van der Waals surface area contributed by atoms with Crippen molar-refractivity contribution < 1.29 is 18.3 Å². The van der Waals surface area contributed by atoms with Gasteiger partial charge in [0.2, 0.25) is 5.89 Å². The van der Waals surface area contributed by atoms with E-state index in [-0.39, 0.29) is 23.8 Å². The van der Waals surface area contributed by atoms with Crippen LogP contribution in [0, 0.1) is 5.82 Å². The molecule has 0 spiro atoms. The lowest BCUT2D eigenvalue weighted by Gasteiger charge is -1.98. The smallest absolute Gasteiger partial charge is 0.360 e. The molecule has 18 heavy (non-hydrogen) atoms. The maximum atomic E-state index is 13.6. The molecule has 0 saturated heterocycles. The predicted octanol–water partition coefficient (Wildman–Crippen LogP) is 3.42. The molecule has 0 atom stereocenters. The van der Waals surface area contributed by atoms with E-state index in [9.17, 15) is 9.18 Å². The second-order valence-electron chi connectivity index (χ2n) is 3.38. The van der Waals surface area contributed by atoms with Crippen molar-refractivity contribution in [3.05, 3.63) is 40.4 Å². The van der Waals surface area contributed by atoms with Crippen molar-refractivity contribution in [2.24, 2.45) is 0 Å². The van der Waals surface area contributed by atoms with Crippen LogP contribution in [0.25, 0.3) is 11.5 Å². The molecule has 1 aromatic carbocycles. The Kier molecular flexibility index (Phi) is 3.76. The Morgan fingerprint density at radius 1 is 1.56 bits per heavy atom. The fraction of sp³-hybridized carbons (Fsp3) is 0.167. The van der Waals surface area contributed by atoms with Crippen molar-refractivity contribution in [2.75, 3.05) is 6.61 Å². The maximum Gasteiger partial charge on any atom is 0.360 e. The molecule has 0 unspecified atom stereocenters. The van der Waals surface area contributed by atoms with Gasteiger partial charge in [0.05, 0.1) is 12.2 Å². The Hall–Kier alpha value is -1.69. The number of hydrogen-bond acceptors (Lipinski definition) is 4. The van der Waals surface area contributed by atoms with Gasteiger partial charge in [-0.25, -0.2) is 14.2 Å². The zero-order valence-electron chi connectivity index (χ0n) is 9.44. The highest BCUT2D eigenvalue weighted by atomic mass is 79.9. The standard InChI is InChI=1S/C12H9BrFNO3/c1-2-17-12(16)10-6-18-11(15-10)8-4-3-7(13)5-9(8)14/h3-6H,2H2,1H3. The average Bonchev–Trinajstić information content (AvgIpc) is 2.78. The van der Waals surface area contributed by atoms with Gasteiger partial charge in [-0.05, 0) is 25.1 Å². The average molecular weight is 314 g/mol. The molecule has 94 valence electrons. The summed E-state index contributed by atoms with van der Waals surface area (Å²) >= 11 is 3.15. The van der Waals surface area contributed by atoms with Crippen molar-refractivity contribution in [1.82, 2.24) is 4.98 Å². The lowest BCUT2D eigenvalue weighted by Crippen LogP contribution is -2.04. The first-order valence-electron chi connectivity index (χ1n) is 5.20. The molecule has 6 heteroatoms. The molecule has 1 aromatic heterocycles. The van der Waals surface area contributed by atoms with Crippen LogP contribution in [0.1, 0.15) is 17.4 Å².